The number of fused-ring (bicyclic) bond motifs is 1. The first kappa shape index (κ1) is 11.7. The summed E-state index contributed by atoms with van der Waals surface area (Å²) >= 11 is 0. The van der Waals surface area contributed by atoms with E-state index in [-0.39, 0.29) is 12.1 Å². The molecule has 0 amide bonds. The standard InChI is InChI=1S/C14H14N4O/c1-9-3-2-4-10(5-9)12-7-13-16-11(8-15)6-14(19)18(13)17-12/h2-7,17H,8,15H2,1H3. The van der Waals surface area contributed by atoms with E-state index in [1.807, 2.05) is 31.2 Å². The van der Waals surface area contributed by atoms with Crippen molar-refractivity contribution in [3.05, 3.63) is 58.0 Å². The topological polar surface area (TPSA) is 76.2 Å². The number of aromatic nitrogens is 3. The maximum Gasteiger partial charge on any atom is 0.272 e. The molecule has 0 aliphatic heterocycles. The number of hydrogen-bond acceptors (Lipinski definition) is 3. The molecule has 0 unspecified atom stereocenters. The summed E-state index contributed by atoms with van der Waals surface area (Å²) in [6.07, 6.45) is 0. The van der Waals surface area contributed by atoms with Crippen LogP contribution in [-0.4, -0.2) is 14.6 Å². The molecule has 2 heterocycles. The van der Waals surface area contributed by atoms with E-state index in [1.165, 1.54) is 16.1 Å². The van der Waals surface area contributed by atoms with Crippen molar-refractivity contribution in [1.82, 2.24) is 14.6 Å². The van der Waals surface area contributed by atoms with Gasteiger partial charge in [-0.05, 0) is 18.6 Å². The van der Waals surface area contributed by atoms with Gasteiger partial charge in [-0.1, -0.05) is 23.8 Å². The molecule has 5 heteroatoms. The molecule has 3 aromatic rings. The Hall–Kier alpha value is -2.40. The Balaban J connectivity index is 2.22. The Morgan fingerprint density at radius 2 is 2.16 bits per heavy atom. The average molecular weight is 254 g/mol. The number of nitrogens with zero attached hydrogens (tertiary/aromatic N) is 2. The third-order valence-corrected chi connectivity index (χ3v) is 3.04. The van der Waals surface area contributed by atoms with Gasteiger partial charge in [0.2, 0.25) is 0 Å². The van der Waals surface area contributed by atoms with E-state index < -0.39 is 0 Å². The molecule has 0 saturated carbocycles. The van der Waals surface area contributed by atoms with Crippen LogP contribution < -0.4 is 11.3 Å². The van der Waals surface area contributed by atoms with E-state index in [2.05, 4.69) is 16.1 Å². The Labute approximate surface area is 109 Å². The van der Waals surface area contributed by atoms with Crippen molar-refractivity contribution in [3.63, 3.8) is 0 Å². The van der Waals surface area contributed by atoms with Crippen LogP contribution in [-0.2, 0) is 6.54 Å². The molecule has 1 aromatic carbocycles. The van der Waals surface area contributed by atoms with Crippen molar-refractivity contribution in [2.75, 3.05) is 0 Å². The van der Waals surface area contributed by atoms with Gasteiger partial charge in [0.25, 0.3) is 5.56 Å². The van der Waals surface area contributed by atoms with Crippen molar-refractivity contribution in [1.29, 1.82) is 0 Å². The molecule has 0 aliphatic rings. The maximum atomic E-state index is 11.9. The molecular formula is C14H14N4O. The molecule has 0 radical (unpaired) electrons. The largest absolute Gasteiger partial charge is 0.325 e. The summed E-state index contributed by atoms with van der Waals surface area (Å²) in [6.45, 7) is 2.29. The fraction of sp³-hybridized carbons (Fsp3) is 0.143. The molecule has 96 valence electrons. The number of H-pyrrole nitrogens is 1. The maximum absolute atomic E-state index is 11.9. The van der Waals surface area contributed by atoms with E-state index in [1.54, 1.807) is 0 Å². The summed E-state index contributed by atoms with van der Waals surface area (Å²) < 4.78 is 1.43. The van der Waals surface area contributed by atoms with Crippen LogP contribution in [0.15, 0.2) is 41.2 Å². The minimum Gasteiger partial charge on any atom is -0.325 e. The van der Waals surface area contributed by atoms with Gasteiger partial charge in [0.05, 0.1) is 11.4 Å². The van der Waals surface area contributed by atoms with E-state index in [0.29, 0.717) is 11.3 Å². The lowest BCUT2D eigenvalue weighted by Crippen LogP contribution is -2.16. The molecule has 0 aliphatic carbocycles. The van der Waals surface area contributed by atoms with Crippen molar-refractivity contribution in [3.8, 4) is 11.3 Å². The van der Waals surface area contributed by atoms with Crippen LogP contribution in [0.1, 0.15) is 11.3 Å². The fourth-order valence-electron chi connectivity index (χ4n) is 2.11. The van der Waals surface area contributed by atoms with Crippen molar-refractivity contribution in [2.24, 2.45) is 5.73 Å². The van der Waals surface area contributed by atoms with Gasteiger partial charge in [-0.3, -0.25) is 9.89 Å². The van der Waals surface area contributed by atoms with E-state index in [0.717, 1.165) is 11.3 Å². The van der Waals surface area contributed by atoms with Gasteiger partial charge in [0.1, 0.15) is 0 Å². The molecule has 0 bridgehead atoms. The predicted molar refractivity (Wildman–Crippen MR) is 73.9 cm³/mol. The Bertz CT molecular complexity index is 801. The Morgan fingerprint density at radius 3 is 2.89 bits per heavy atom. The van der Waals surface area contributed by atoms with Gasteiger partial charge in [-0.2, -0.15) is 0 Å². The number of nitrogens with one attached hydrogen (secondary N) is 1. The van der Waals surface area contributed by atoms with Crippen molar-refractivity contribution >= 4 is 5.65 Å². The smallest absolute Gasteiger partial charge is 0.272 e. The second-order valence-electron chi connectivity index (χ2n) is 4.52. The van der Waals surface area contributed by atoms with E-state index >= 15 is 0 Å². The fourth-order valence-corrected chi connectivity index (χ4v) is 2.11. The lowest BCUT2D eigenvalue weighted by molar-refractivity contribution is 0.872. The van der Waals surface area contributed by atoms with Crippen LogP contribution >= 0.6 is 0 Å². The lowest BCUT2D eigenvalue weighted by atomic mass is 10.1. The number of aromatic amines is 1. The number of hydrogen-bond donors (Lipinski definition) is 2. The van der Waals surface area contributed by atoms with Crippen LogP contribution in [0.25, 0.3) is 16.9 Å². The highest BCUT2D eigenvalue weighted by Gasteiger charge is 2.07. The Morgan fingerprint density at radius 1 is 1.32 bits per heavy atom. The second kappa shape index (κ2) is 4.37. The highest BCUT2D eigenvalue weighted by molar-refractivity contribution is 5.64. The quantitative estimate of drug-likeness (QED) is 0.726. The molecule has 0 saturated heterocycles. The van der Waals surface area contributed by atoms with Gasteiger partial charge in [0, 0.05) is 18.7 Å². The SMILES string of the molecule is Cc1cccc(-c2cc3nc(CN)cc(=O)n3[nH]2)c1. The van der Waals surface area contributed by atoms with E-state index in [4.69, 9.17) is 5.73 Å². The monoisotopic (exact) mass is 254 g/mol. The molecular weight excluding hydrogens is 240 g/mol. The molecule has 2 aromatic heterocycles. The molecule has 3 rings (SSSR count). The summed E-state index contributed by atoms with van der Waals surface area (Å²) in [4.78, 5) is 16.2. The zero-order valence-corrected chi connectivity index (χ0v) is 10.6. The molecule has 0 atom stereocenters. The summed E-state index contributed by atoms with van der Waals surface area (Å²) in [5.74, 6) is 0. The van der Waals surface area contributed by atoms with Crippen LogP contribution in [0.5, 0.6) is 0 Å². The molecule has 3 N–H and O–H groups in total. The first-order valence-corrected chi connectivity index (χ1v) is 6.06. The van der Waals surface area contributed by atoms with Gasteiger partial charge in [-0.15, -0.1) is 0 Å². The number of rotatable bonds is 2. The molecule has 19 heavy (non-hydrogen) atoms. The summed E-state index contributed by atoms with van der Waals surface area (Å²) in [7, 11) is 0. The first-order valence-electron chi connectivity index (χ1n) is 6.06. The first-order chi connectivity index (χ1) is 9.17. The summed E-state index contributed by atoms with van der Waals surface area (Å²) in [6, 6.07) is 11.4. The van der Waals surface area contributed by atoms with Crippen LogP contribution in [0.4, 0.5) is 0 Å². The van der Waals surface area contributed by atoms with Crippen LogP contribution in [0.2, 0.25) is 0 Å². The predicted octanol–water partition coefficient (Wildman–Crippen LogP) is 1.46. The van der Waals surface area contributed by atoms with Crippen LogP contribution in [0, 0.1) is 6.92 Å². The minimum absolute atomic E-state index is 0.149. The lowest BCUT2D eigenvalue weighted by Gasteiger charge is -1.98. The minimum atomic E-state index is -0.149. The molecule has 0 fully saturated rings. The van der Waals surface area contributed by atoms with Crippen LogP contribution in [0.3, 0.4) is 0 Å². The number of nitrogens with two attached hydrogens (primary N) is 1. The number of benzene rings is 1. The van der Waals surface area contributed by atoms with Gasteiger partial charge < -0.3 is 5.73 Å². The van der Waals surface area contributed by atoms with Gasteiger partial charge >= 0.3 is 0 Å². The highest BCUT2D eigenvalue weighted by atomic mass is 16.1. The summed E-state index contributed by atoms with van der Waals surface area (Å²) in [5, 5.41) is 3.06. The normalized spacial score (nSPS) is 11.1. The zero-order chi connectivity index (χ0) is 13.4. The highest BCUT2D eigenvalue weighted by Crippen LogP contribution is 2.19. The second-order valence-corrected chi connectivity index (χ2v) is 4.52. The third kappa shape index (κ3) is 2.04. The van der Waals surface area contributed by atoms with Crippen molar-refractivity contribution in [2.45, 2.75) is 13.5 Å². The Kier molecular flexibility index (Phi) is 2.68. The third-order valence-electron chi connectivity index (χ3n) is 3.04. The average Bonchev–Trinajstić information content (AvgIpc) is 2.83. The zero-order valence-electron chi connectivity index (χ0n) is 10.6. The molecule has 0 spiro atoms. The van der Waals surface area contributed by atoms with Gasteiger partial charge in [0.15, 0.2) is 5.65 Å². The van der Waals surface area contributed by atoms with Gasteiger partial charge in [-0.25, -0.2) is 9.50 Å². The number of aryl methyl sites for hydroxylation is 1. The van der Waals surface area contributed by atoms with Crippen molar-refractivity contribution < 1.29 is 0 Å². The van der Waals surface area contributed by atoms with E-state index in [9.17, 15) is 4.79 Å². The molecule has 5 nitrogen and oxygen atoms in total. The summed E-state index contributed by atoms with van der Waals surface area (Å²) in [5.41, 5.74) is 9.62.